The van der Waals surface area contributed by atoms with Crippen molar-refractivity contribution in [2.24, 2.45) is 0 Å². The van der Waals surface area contributed by atoms with E-state index in [2.05, 4.69) is 4.98 Å². The third-order valence-corrected chi connectivity index (χ3v) is 5.66. The number of sulfonamides is 1. The molecule has 0 saturated carbocycles. The molecular weight excluding hydrogens is 292 g/mol. The molecule has 2 heterocycles. The number of rotatable bonds is 2. The smallest absolute Gasteiger partial charge is 0.243 e. The molecule has 7 heteroatoms. The van der Waals surface area contributed by atoms with Gasteiger partial charge in [-0.15, -0.1) is 0 Å². The van der Waals surface area contributed by atoms with Gasteiger partial charge in [-0.05, 0) is 30.7 Å². The number of fused-ring (bicyclic) bond motifs is 1. The molecule has 1 aliphatic heterocycles. The van der Waals surface area contributed by atoms with E-state index in [0.29, 0.717) is 10.9 Å². The summed E-state index contributed by atoms with van der Waals surface area (Å²) in [4.78, 5) is 4.38. The first kappa shape index (κ1) is 14.4. The average Bonchev–Trinajstić information content (AvgIpc) is 2.80. The second-order valence-electron chi connectivity index (χ2n) is 5.24. The molecule has 1 fully saturated rings. The maximum absolute atomic E-state index is 12.7. The lowest BCUT2D eigenvalue weighted by Gasteiger charge is -2.17. The van der Waals surface area contributed by atoms with Crippen LogP contribution in [0.2, 0.25) is 0 Å². The molecule has 0 spiro atoms. The van der Waals surface area contributed by atoms with Gasteiger partial charge in [-0.25, -0.2) is 8.42 Å². The van der Waals surface area contributed by atoms with E-state index in [1.807, 2.05) is 6.92 Å². The van der Waals surface area contributed by atoms with E-state index in [1.54, 1.807) is 30.5 Å². The Hall–Kier alpha value is -1.54. The molecular formula is C14H16N2O4S. The van der Waals surface area contributed by atoms with Crippen molar-refractivity contribution in [3.05, 3.63) is 36.0 Å². The molecule has 2 aromatic rings. The number of aryl methyl sites for hydroxylation is 1. The standard InChI is InChI=1S/C14H16N2O4S/c1-9-4-5-13(10-3-2-6-15-14(9)10)21(19,20)16-7-11(17)12(18)8-16/h2-6,11-12,17-18H,7-8H2,1H3/t11-,12+. The topological polar surface area (TPSA) is 90.7 Å². The lowest BCUT2D eigenvalue weighted by Crippen LogP contribution is -2.30. The maximum Gasteiger partial charge on any atom is 0.243 e. The van der Waals surface area contributed by atoms with Crippen LogP contribution in [-0.4, -0.2) is 53.2 Å². The van der Waals surface area contributed by atoms with Crippen molar-refractivity contribution >= 4 is 20.9 Å². The van der Waals surface area contributed by atoms with Gasteiger partial charge < -0.3 is 10.2 Å². The summed E-state index contributed by atoms with van der Waals surface area (Å²) < 4.78 is 26.6. The van der Waals surface area contributed by atoms with E-state index in [4.69, 9.17) is 0 Å². The molecule has 0 amide bonds. The van der Waals surface area contributed by atoms with Gasteiger partial charge in [0, 0.05) is 24.7 Å². The molecule has 3 rings (SSSR count). The number of pyridine rings is 1. The minimum Gasteiger partial charge on any atom is -0.389 e. The van der Waals surface area contributed by atoms with Gasteiger partial charge in [-0.1, -0.05) is 6.07 Å². The summed E-state index contributed by atoms with van der Waals surface area (Å²) in [6, 6.07) is 6.66. The van der Waals surface area contributed by atoms with Crippen molar-refractivity contribution in [3.8, 4) is 0 Å². The highest BCUT2D eigenvalue weighted by molar-refractivity contribution is 7.89. The minimum absolute atomic E-state index is 0.0981. The molecule has 0 unspecified atom stereocenters. The lowest BCUT2D eigenvalue weighted by atomic mass is 10.1. The largest absolute Gasteiger partial charge is 0.389 e. The summed E-state index contributed by atoms with van der Waals surface area (Å²) in [6.45, 7) is 1.67. The molecule has 112 valence electrons. The Morgan fingerprint density at radius 2 is 1.86 bits per heavy atom. The fraction of sp³-hybridized carbons (Fsp3) is 0.357. The molecule has 1 aromatic heterocycles. The summed E-state index contributed by atoms with van der Waals surface area (Å²) in [7, 11) is -3.77. The van der Waals surface area contributed by atoms with E-state index in [9.17, 15) is 18.6 Å². The monoisotopic (exact) mass is 308 g/mol. The number of aliphatic hydroxyl groups excluding tert-OH is 2. The molecule has 6 nitrogen and oxygen atoms in total. The Bertz CT molecular complexity index is 781. The van der Waals surface area contributed by atoms with Crippen LogP contribution in [0.15, 0.2) is 35.4 Å². The Morgan fingerprint density at radius 1 is 1.19 bits per heavy atom. The summed E-state index contributed by atoms with van der Waals surface area (Å²) in [5.74, 6) is 0. The SMILES string of the molecule is Cc1ccc(S(=O)(=O)N2C[C@@H](O)[C@@H](O)C2)c2cccnc12. The number of benzene rings is 1. The molecule has 0 aliphatic carbocycles. The van der Waals surface area contributed by atoms with Crippen molar-refractivity contribution in [2.75, 3.05) is 13.1 Å². The third-order valence-electron chi connectivity index (χ3n) is 3.77. The summed E-state index contributed by atoms with van der Waals surface area (Å²) in [6.07, 6.45) is -0.473. The van der Waals surface area contributed by atoms with Gasteiger partial charge in [0.25, 0.3) is 0 Å². The number of hydrogen-bond donors (Lipinski definition) is 2. The van der Waals surface area contributed by atoms with Gasteiger partial charge in [0.1, 0.15) is 0 Å². The Kier molecular flexibility index (Phi) is 3.45. The normalized spacial score (nSPS) is 23.8. The average molecular weight is 308 g/mol. The van der Waals surface area contributed by atoms with Crippen LogP contribution >= 0.6 is 0 Å². The van der Waals surface area contributed by atoms with E-state index in [0.717, 1.165) is 9.87 Å². The Balaban J connectivity index is 2.14. The van der Waals surface area contributed by atoms with Gasteiger partial charge in [-0.3, -0.25) is 4.98 Å². The van der Waals surface area contributed by atoms with Gasteiger partial charge in [-0.2, -0.15) is 4.31 Å². The molecule has 0 radical (unpaired) electrons. The van der Waals surface area contributed by atoms with E-state index in [1.165, 1.54) is 0 Å². The zero-order chi connectivity index (χ0) is 15.2. The van der Waals surface area contributed by atoms with E-state index >= 15 is 0 Å². The third kappa shape index (κ3) is 2.32. The maximum atomic E-state index is 12.7. The molecule has 2 atom stereocenters. The number of aliphatic hydroxyl groups is 2. The molecule has 21 heavy (non-hydrogen) atoms. The summed E-state index contributed by atoms with van der Waals surface area (Å²) in [5.41, 5.74) is 1.53. The highest BCUT2D eigenvalue weighted by atomic mass is 32.2. The predicted octanol–water partition coefficient (Wildman–Crippen LogP) is 0.269. The van der Waals surface area contributed by atoms with Gasteiger partial charge >= 0.3 is 0 Å². The fourth-order valence-corrected chi connectivity index (χ4v) is 4.24. The first-order chi connectivity index (χ1) is 9.91. The Labute approximate surface area is 122 Å². The van der Waals surface area contributed by atoms with Crippen LogP contribution < -0.4 is 0 Å². The number of aromatic nitrogens is 1. The fourth-order valence-electron chi connectivity index (χ4n) is 2.58. The quantitative estimate of drug-likeness (QED) is 0.831. The van der Waals surface area contributed by atoms with Crippen LogP contribution in [0.4, 0.5) is 0 Å². The van der Waals surface area contributed by atoms with Crippen LogP contribution in [0.1, 0.15) is 5.56 Å². The lowest BCUT2D eigenvalue weighted by molar-refractivity contribution is 0.0572. The van der Waals surface area contributed by atoms with Gasteiger partial charge in [0.2, 0.25) is 10.0 Å². The van der Waals surface area contributed by atoms with Crippen molar-refractivity contribution in [2.45, 2.75) is 24.0 Å². The van der Waals surface area contributed by atoms with Crippen molar-refractivity contribution < 1.29 is 18.6 Å². The van der Waals surface area contributed by atoms with E-state index in [-0.39, 0.29) is 18.0 Å². The predicted molar refractivity (Wildman–Crippen MR) is 77.3 cm³/mol. The van der Waals surface area contributed by atoms with Crippen molar-refractivity contribution in [3.63, 3.8) is 0 Å². The molecule has 2 N–H and O–H groups in total. The van der Waals surface area contributed by atoms with Crippen LogP contribution in [0.5, 0.6) is 0 Å². The van der Waals surface area contributed by atoms with Crippen LogP contribution in [0.25, 0.3) is 10.9 Å². The second-order valence-corrected chi connectivity index (χ2v) is 7.14. The number of nitrogens with zero attached hydrogens (tertiary/aromatic N) is 2. The van der Waals surface area contributed by atoms with Crippen molar-refractivity contribution in [1.29, 1.82) is 0 Å². The molecule has 1 aliphatic rings. The van der Waals surface area contributed by atoms with Crippen LogP contribution in [0, 0.1) is 6.92 Å². The number of β-amino-alcohol motifs (C(OH)–C–C–N with tert-alkyl or cyclic N) is 2. The van der Waals surface area contributed by atoms with Crippen LogP contribution in [-0.2, 0) is 10.0 Å². The highest BCUT2D eigenvalue weighted by Crippen LogP contribution is 2.28. The molecule has 0 bridgehead atoms. The second kappa shape index (κ2) is 5.03. The summed E-state index contributed by atoms with van der Waals surface area (Å²) >= 11 is 0. The Morgan fingerprint density at radius 3 is 2.52 bits per heavy atom. The first-order valence-corrected chi connectivity index (χ1v) is 8.06. The number of hydrogen-bond acceptors (Lipinski definition) is 5. The molecule has 1 aromatic carbocycles. The van der Waals surface area contributed by atoms with Gasteiger partial charge in [0.05, 0.1) is 22.6 Å². The summed E-state index contributed by atoms with van der Waals surface area (Å²) in [5, 5.41) is 19.7. The van der Waals surface area contributed by atoms with Crippen molar-refractivity contribution in [1.82, 2.24) is 9.29 Å². The first-order valence-electron chi connectivity index (χ1n) is 6.62. The zero-order valence-electron chi connectivity index (χ0n) is 11.5. The minimum atomic E-state index is -3.77. The van der Waals surface area contributed by atoms with Crippen LogP contribution in [0.3, 0.4) is 0 Å². The van der Waals surface area contributed by atoms with Gasteiger partial charge in [0.15, 0.2) is 0 Å². The molecule has 1 saturated heterocycles. The van der Waals surface area contributed by atoms with E-state index < -0.39 is 22.2 Å². The zero-order valence-corrected chi connectivity index (χ0v) is 12.3. The highest BCUT2D eigenvalue weighted by Gasteiger charge is 2.38.